The number of carbonyl (C=O) groups excluding carboxylic acids is 1. The Morgan fingerprint density at radius 1 is 1.25 bits per heavy atom. The molecule has 0 aromatic carbocycles. The van der Waals surface area contributed by atoms with Crippen molar-refractivity contribution < 1.29 is 22.4 Å². The van der Waals surface area contributed by atoms with E-state index < -0.39 is 20.5 Å². The van der Waals surface area contributed by atoms with Crippen molar-refractivity contribution in [2.24, 2.45) is 0 Å². The molecule has 0 unspecified atom stereocenters. The van der Waals surface area contributed by atoms with Crippen molar-refractivity contribution in [1.82, 2.24) is 0 Å². The van der Waals surface area contributed by atoms with E-state index in [1.807, 2.05) is 0 Å². The number of alkyl halides is 3. The molecular formula is C5H10F3NaO2Si. The SMILES string of the molecule is C[Si](C)(C)OC(=O)C(F)(F)F.[NaH]. The molecule has 0 aromatic heterocycles. The minimum atomic E-state index is -4.86. The Morgan fingerprint density at radius 3 is 1.67 bits per heavy atom. The van der Waals surface area contributed by atoms with Gasteiger partial charge in [-0.05, 0) is 19.6 Å². The van der Waals surface area contributed by atoms with Crippen LogP contribution in [0.3, 0.4) is 0 Å². The molecule has 12 heavy (non-hydrogen) atoms. The normalized spacial score (nSPS) is 11.8. The van der Waals surface area contributed by atoms with Crippen molar-refractivity contribution in [2.75, 3.05) is 0 Å². The first-order valence-electron chi connectivity index (χ1n) is 2.93. The van der Waals surface area contributed by atoms with Gasteiger partial charge in [-0.1, -0.05) is 0 Å². The number of hydrogen-bond donors (Lipinski definition) is 0. The van der Waals surface area contributed by atoms with Crippen molar-refractivity contribution in [3.05, 3.63) is 0 Å². The van der Waals surface area contributed by atoms with Gasteiger partial charge < -0.3 is 4.43 Å². The third-order valence-corrected chi connectivity index (χ3v) is 1.43. The number of carbonyl (C=O) groups is 1. The molecule has 0 saturated carbocycles. The summed E-state index contributed by atoms with van der Waals surface area (Å²) in [7, 11) is -2.40. The zero-order chi connectivity index (χ0) is 9.28. The van der Waals surface area contributed by atoms with Gasteiger partial charge in [-0.15, -0.1) is 0 Å². The van der Waals surface area contributed by atoms with Crippen LogP contribution in [0.2, 0.25) is 19.6 Å². The van der Waals surface area contributed by atoms with Crippen LogP contribution in [0.4, 0.5) is 13.2 Å². The monoisotopic (exact) mass is 210 g/mol. The molecule has 0 atom stereocenters. The van der Waals surface area contributed by atoms with Gasteiger partial charge in [0.05, 0.1) is 0 Å². The van der Waals surface area contributed by atoms with Gasteiger partial charge in [-0.3, -0.25) is 0 Å². The molecule has 0 bridgehead atoms. The van der Waals surface area contributed by atoms with E-state index in [-0.39, 0.29) is 29.6 Å². The first-order valence-corrected chi connectivity index (χ1v) is 6.34. The molecule has 0 aliphatic rings. The average Bonchev–Trinajstić information content (AvgIpc) is 1.56. The summed E-state index contributed by atoms with van der Waals surface area (Å²) in [6, 6.07) is 0. The second-order valence-electron chi connectivity index (χ2n) is 3.00. The van der Waals surface area contributed by atoms with Gasteiger partial charge >= 0.3 is 41.7 Å². The Hall–Kier alpha value is 0.477. The van der Waals surface area contributed by atoms with Crippen molar-refractivity contribution in [1.29, 1.82) is 0 Å². The molecule has 0 aliphatic heterocycles. The van der Waals surface area contributed by atoms with Crippen LogP contribution in [0, 0.1) is 0 Å². The predicted molar refractivity (Wildman–Crippen MR) is 42.6 cm³/mol. The summed E-state index contributed by atoms with van der Waals surface area (Å²) >= 11 is 0. The quantitative estimate of drug-likeness (QED) is 0.609. The summed E-state index contributed by atoms with van der Waals surface area (Å²) in [4.78, 5) is 10.2. The van der Waals surface area contributed by atoms with Crippen LogP contribution in [0.5, 0.6) is 0 Å². The van der Waals surface area contributed by atoms with Crippen LogP contribution in [0.15, 0.2) is 0 Å². The fourth-order valence-electron chi connectivity index (χ4n) is 0.336. The van der Waals surface area contributed by atoms with Gasteiger partial charge in [0.1, 0.15) is 0 Å². The van der Waals surface area contributed by atoms with E-state index in [0.717, 1.165) is 0 Å². The van der Waals surface area contributed by atoms with Crippen molar-refractivity contribution >= 4 is 43.8 Å². The van der Waals surface area contributed by atoms with Crippen molar-refractivity contribution in [3.8, 4) is 0 Å². The zero-order valence-electron chi connectivity index (χ0n) is 6.45. The van der Waals surface area contributed by atoms with E-state index in [1.165, 1.54) is 19.6 Å². The molecule has 0 amide bonds. The van der Waals surface area contributed by atoms with Crippen LogP contribution in [-0.4, -0.2) is 50.0 Å². The molecule has 68 valence electrons. The Balaban J connectivity index is 0. The first-order chi connectivity index (χ1) is 4.63. The molecule has 0 heterocycles. The molecule has 0 spiro atoms. The van der Waals surface area contributed by atoms with E-state index in [0.29, 0.717) is 0 Å². The number of hydrogen-bond acceptors (Lipinski definition) is 2. The van der Waals surface area contributed by atoms with Crippen LogP contribution in [-0.2, 0) is 9.22 Å². The molecule has 0 rings (SSSR count). The fraction of sp³-hybridized carbons (Fsp3) is 0.800. The van der Waals surface area contributed by atoms with Crippen LogP contribution in [0.1, 0.15) is 0 Å². The predicted octanol–water partition coefficient (Wildman–Crippen LogP) is 1.28. The molecular weight excluding hydrogens is 200 g/mol. The number of rotatable bonds is 1. The summed E-state index contributed by atoms with van der Waals surface area (Å²) in [5, 5.41) is 0. The van der Waals surface area contributed by atoms with Gasteiger partial charge in [0, 0.05) is 0 Å². The summed E-state index contributed by atoms with van der Waals surface area (Å²) in [6.45, 7) is 4.53. The average molecular weight is 210 g/mol. The third-order valence-electron chi connectivity index (χ3n) is 0.630. The summed E-state index contributed by atoms with van der Waals surface area (Å²) in [5.74, 6) is -2.09. The van der Waals surface area contributed by atoms with Crippen LogP contribution in [0.25, 0.3) is 0 Å². The molecule has 7 heteroatoms. The molecule has 0 radical (unpaired) electrons. The van der Waals surface area contributed by atoms with Gasteiger partial charge in [0.25, 0.3) is 0 Å². The molecule has 0 aromatic rings. The Bertz CT molecular complexity index is 163. The van der Waals surface area contributed by atoms with Crippen LogP contribution >= 0.6 is 0 Å². The molecule has 0 N–H and O–H groups in total. The van der Waals surface area contributed by atoms with E-state index >= 15 is 0 Å². The van der Waals surface area contributed by atoms with Crippen molar-refractivity contribution in [3.63, 3.8) is 0 Å². The van der Waals surface area contributed by atoms with E-state index in [2.05, 4.69) is 4.43 Å². The second kappa shape index (κ2) is 4.64. The third kappa shape index (κ3) is 7.14. The van der Waals surface area contributed by atoms with E-state index in [9.17, 15) is 18.0 Å². The van der Waals surface area contributed by atoms with Gasteiger partial charge in [0.2, 0.25) is 8.32 Å². The summed E-state index contributed by atoms with van der Waals surface area (Å²) in [5.41, 5.74) is 0. The van der Waals surface area contributed by atoms with Gasteiger partial charge in [-0.25, -0.2) is 4.79 Å². The fourth-order valence-corrected chi connectivity index (χ4v) is 1.01. The van der Waals surface area contributed by atoms with E-state index in [1.54, 1.807) is 0 Å². The standard InChI is InChI=1S/C5H9F3O2Si.Na.H/c1-11(2,3)10-4(9)5(6,7)8;;/h1-3H3;;. The molecule has 0 saturated heterocycles. The second-order valence-corrected chi connectivity index (χ2v) is 7.43. The maximum absolute atomic E-state index is 11.5. The Labute approximate surface area is 91.9 Å². The number of halogens is 3. The van der Waals surface area contributed by atoms with E-state index in [4.69, 9.17) is 0 Å². The van der Waals surface area contributed by atoms with Gasteiger partial charge in [0.15, 0.2) is 0 Å². The molecule has 0 fully saturated rings. The maximum atomic E-state index is 11.5. The minimum absolute atomic E-state index is 0. The molecule has 2 nitrogen and oxygen atoms in total. The first kappa shape index (κ1) is 15.0. The Morgan fingerprint density at radius 2 is 1.58 bits per heavy atom. The van der Waals surface area contributed by atoms with Crippen molar-refractivity contribution in [2.45, 2.75) is 25.8 Å². The van der Waals surface area contributed by atoms with Crippen LogP contribution < -0.4 is 0 Å². The summed E-state index contributed by atoms with van der Waals surface area (Å²) < 4.78 is 38.8. The Kier molecular flexibility index (Phi) is 5.79. The summed E-state index contributed by atoms with van der Waals surface area (Å²) in [6.07, 6.45) is -4.86. The van der Waals surface area contributed by atoms with Gasteiger partial charge in [-0.2, -0.15) is 13.2 Å². The zero-order valence-corrected chi connectivity index (χ0v) is 7.45. The topological polar surface area (TPSA) is 26.3 Å². The molecule has 0 aliphatic carbocycles.